The van der Waals surface area contributed by atoms with Crippen molar-refractivity contribution >= 4 is 33.7 Å². The van der Waals surface area contributed by atoms with Gasteiger partial charge in [-0.25, -0.2) is 0 Å². The van der Waals surface area contributed by atoms with Crippen molar-refractivity contribution in [2.45, 2.75) is 6.92 Å². The zero-order valence-electron chi connectivity index (χ0n) is 15.9. The van der Waals surface area contributed by atoms with Gasteiger partial charge in [0, 0.05) is 10.6 Å². The minimum absolute atomic E-state index is 0.0111. The molecule has 0 atom stereocenters. The Kier molecular flexibility index (Phi) is 4.26. The van der Waals surface area contributed by atoms with Gasteiger partial charge in [-0.2, -0.15) is 4.98 Å². The standard InChI is InChI=1S/C24H15ClN2O3/c1-14-6-12-17(13-7-14)27-22(15-8-10-16(25)11-9-15)26-23-20(24(27)29)21(28)18-4-2-3-5-19(18)30-23/h2-13H,1H3. The monoisotopic (exact) mass is 414 g/mol. The maximum absolute atomic E-state index is 13.6. The predicted molar refractivity (Wildman–Crippen MR) is 119 cm³/mol. The Bertz CT molecular complexity index is 1530. The van der Waals surface area contributed by atoms with Crippen LogP contribution in [0.15, 0.2) is 86.8 Å². The summed E-state index contributed by atoms with van der Waals surface area (Å²) >= 11 is 6.04. The second-order valence-corrected chi connectivity index (χ2v) is 7.46. The number of fused-ring (bicyclic) bond motifs is 2. The normalized spacial score (nSPS) is 11.3. The van der Waals surface area contributed by atoms with Crippen LogP contribution in [0.2, 0.25) is 5.02 Å². The van der Waals surface area contributed by atoms with Gasteiger partial charge in [0.15, 0.2) is 11.2 Å². The quantitative estimate of drug-likeness (QED) is 0.376. The average molecular weight is 415 g/mol. The predicted octanol–water partition coefficient (Wildman–Crippen LogP) is 5.12. The first-order chi connectivity index (χ1) is 14.5. The van der Waals surface area contributed by atoms with Crippen LogP contribution in [-0.2, 0) is 0 Å². The van der Waals surface area contributed by atoms with Gasteiger partial charge in [0.05, 0.1) is 11.1 Å². The third-order valence-corrected chi connectivity index (χ3v) is 5.26. The second-order valence-electron chi connectivity index (χ2n) is 7.03. The molecule has 0 aliphatic rings. The van der Waals surface area contributed by atoms with E-state index in [0.29, 0.717) is 33.1 Å². The summed E-state index contributed by atoms with van der Waals surface area (Å²) in [5.74, 6) is 0.367. The second kappa shape index (κ2) is 6.97. The van der Waals surface area contributed by atoms with Crippen molar-refractivity contribution in [3.05, 3.63) is 104 Å². The Morgan fingerprint density at radius 1 is 0.900 bits per heavy atom. The maximum Gasteiger partial charge on any atom is 0.273 e. The molecule has 5 nitrogen and oxygen atoms in total. The van der Waals surface area contributed by atoms with E-state index in [0.717, 1.165) is 5.56 Å². The molecule has 0 unspecified atom stereocenters. The molecule has 0 aliphatic carbocycles. The molecule has 0 amide bonds. The van der Waals surface area contributed by atoms with Crippen LogP contribution in [-0.4, -0.2) is 9.55 Å². The number of benzene rings is 3. The van der Waals surface area contributed by atoms with Crippen LogP contribution >= 0.6 is 11.6 Å². The van der Waals surface area contributed by atoms with Gasteiger partial charge in [0.1, 0.15) is 5.58 Å². The Labute approximate surface area is 175 Å². The molecule has 0 bridgehead atoms. The molecule has 5 aromatic rings. The summed E-state index contributed by atoms with van der Waals surface area (Å²) in [7, 11) is 0. The lowest BCUT2D eigenvalue weighted by molar-refractivity contribution is 0.641. The van der Waals surface area contributed by atoms with Crippen molar-refractivity contribution in [1.82, 2.24) is 9.55 Å². The molecule has 0 saturated carbocycles. The van der Waals surface area contributed by atoms with Gasteiger partial charge in [-0.05, 0) is 55.5 Å². The summed E-state index contributed by atoms with van der Waals surface area (Å²) < 4.78 is 7.29. The van der Waals surface area contributed by atoms with E-state index in [4.69, 9.17) is 16.0 Å². The number of hydrogen-bond donors (Lipinski definition) is 0. The molecular weight excluding hydrogens is 400 g/mol. The van der Waals surface area contributed by atoms with Crippen molar-refractivity contribution in [2.24, 2.45) is 0 Å². The zero-order chi connectivity index (χ0) is 20.8. The Hall–Kier alpha value is -3.70. The van der Waals surface area contributed by atoms with E-state index < -0.39 is 11.0 Å². The number of aromatic nitrogens is 2. The molecule has 0 spiro atoms. The average Bonchev–Trinajstić information content (AvgIpc) is 2.75. The molecule has 6 heteroatoms. The zero-order valence-corrected chi connectivity index (χ0v) is 16.7. The van der Waals surface area contributed by atoms with Crippen molar-refractivity contribution in [1.29, 1.82) is 0 Å². The molecule has 0 aliphatic heterocycles. The lowest BCUT2D eigenvalue weighted by Gasteiger charge is -2.14. The lowest BCUT2D eigenvalue weighted by Crippen LogP contribution is -2.26. The maximum atomic E-state index is 13.6. The number of hydrogen-bond acceptors (Lipinski definition) is 4. The van der Waals surface area contributed by atoms with Gasteiger partial charge in [-0.15, -0.1) is 0 Å². The number of aryl methyl sites for hydroxylation is 1. The minimum atomic E-state index is -0.478. The first kappa shape index (κ1) is 18.3. The molecule has 0 fully saturated rings. The highest BCUT2D eigenvalue weighted by Gasteiger charge is 2.19. The van der Waals surface area contributed by atoms with Gasteiger partial charge < -0.3 is 4.42 Å². The Balaban J connectivity index is 1.95. The topological polar surface area (TPSA) is 65.1 Å². The van der Waals surface area contributed by atoms with Gasteiger partial charge >= 0.3 is 0 Å². The summed E-state index contributed by atoms with van der Waals surface area (Å²) in [4.78, 5) is 31.3. The van der Waals surface area contributed by atoms with Crippen molar-refractivity contribution in [3.8, 4) is 17.1 Å². The molecule has 2 heterocycles. The molecule has 30 heavy (non-hydrogen) atoms. The third kappa shape index (κ3) is 2.91. The van der Waals surface area contributed by atoms with Gasteiger partial charge in [-0.1, -0.05) is 41.4 Å². The van der Waals surface area contributed by atoms with Crippen molar-refractivity contribution < 1.29 is 4.42 Å². The van der Waals surface area contributed by atoms with E-state index >= 15 is 0 Å². The summed E-state index contributed by atoms with van der Waals surface area (Å²) in [6, 6.07) is 21.3. The minimum Gasteiger partial charge on any atom is -0.437 e. The van der Waals surface area contributed by atoms with Crippen molar-refractivity contribution in [2.75, 3.05) is 0 Å². The molecule has 0 N–H and O–H groups in total. The first-order valence-corrected chi connectivity index (χ1v) is 9.72. The molecule has 2 aromatic heterocycles. The van der Waals surface area contributed by atoms with E-state index in [1.807, 2.05) is 31.2 Å². The largest absolute Gasteiger partial charge is 0.437 e. The highest BCUT2D eigenvalue weighted by molar-refractivity contribution is 6.30. The molecule has 3 aromatic carbocycles. The van der Waals surface area contributed by atoms with Crippen LogP contribution in [0.1, 0.15) is 5.56 Å². The fourth-order valence-corrected chi connectivity index (χ4v) is 3.60. The summed E-state index contributed by atoms with van der Waals surface area (Å²) in [5.41, 5.74) is 1.86. The van der Waals surface area contributed by atoms with Gasteiger partial charge in [0.25, 0.3) is 5.56 Å². The Morgan fingerprint density at radius 3 is 2.33 bits per heavy atom. The molecule has 0 radical (unpaired) electrons. The van der Waals surface area contributed by atoms with Crippen LogP contribution in [0, 0.1) is 6.92 Å². The van der Waals surface area contributed by atoms with E-state index in [1.54, 1.807) is 48.5 Å². The summed E-state index contributed by atoms with van der Waals surface area (Å²) in [5, 5.41) is 0.840. The molecule has 5 rings (SSSR count). The number of halogens is 1. The lowest BCUT2D eigenvalue weighted by atomic mass is 10.1. The number of para-hydroxylation sites is 1. The van der Waals surface area contributed by atoms with Crippen LogP contribution in [0.5, 0.6) is 0 Å². The van der Waals surface area contributed by atoms with Gasteiger partial charge in [-0.3, -0.25) is 14.2 Å². The van der Waals surface area contributed by atoms with Gasteiger partial charge in [0.2, 0.25) is 11.1 Å². The van der Waals surface area contributed by atoms with Crippen LogP contribution in [0.3, 0.4) is 0 Å². The van der Waals surface area contributed by atoms with E-state index in [9.17, 15) is 9.59 Å². The fraction of sp³-hybridized carbons (Fsp3) is 0.0417. The highest BCUT2D eigenvalue weighted by Crippen LogP contribution is 2.24. The third-order valence-electron chi connectivity index (χ3n) is 5.01. The van der Waals surface area contributed by atoms with Crippen molar-refractivity contribution in [3.63, 3.8) is 0 Å². The molecular formula is C24H15ClN2O3. The van der Waals surface area contributed by atoms with E-state index in [-0.39, 0.29) is 11.1 Å². The van der Waals surface area contributed by atoms with Crippen LogP contribution < -0.4 is 11.0 Å². The SMILES string of the molecule is Cc1ccc(-n2c(-c3ccc(Cl)cc3)nc3oc4ccccc4c(=O)c3c2=O)cc1. The smallest absolute Gasteiger partial charge is 0.273 e. The Morgan fingerprint density at radius 2 is 1.60 bits per heavy atom. The van der Waals surface area contributed by atoms with Crippen LogP contribution in [0.25, 0.3) is 39.1 Å². The number of nitrogens with zero attached hydrogens (tertiary/aromatic N) is 2. The highest BCUT2D eigenvalue weighted by atomic mass is 35.5. The summed E-state index contributed by atoms with van der Waals surface area (Å²) in [6.07, 6.45) is 0. The first-order valence-electron chi connectivity index (χ1n) is 9.34. The number of rotatable bonds is 2. The van der Waals surface area contributed by atoms with E-state index in [2.05, 4.69) is 4.98 Å². The molecule has 146 valence electrons. The summed E-state index contributed by atoms with van der Waals surface area (Å²) in [6.45, 7) is 1.96. The fourth-order valence-electron chi connectivity index (χ4n) is 3.48. The molecule has 0 saturated heterocycles. The van der Waals surface area contributed by atoms with E-state index in [1.165, 1.54) is 4.57 Å². The van der Waals surface area contributed by atoms with Crippen LogP contribution in [0.4, 0.5) is 0 Å².